The molecule has 1 saturated heterocycles. The van der Waals surface area contributed by atoms with Gasteiger partial charge in [-0.3, -0.25) is 9.88 Å². The summed E-state index contributed by atoms with van der Waals surface area (Å²) in [5.41, 5.74) is 2.25. The summed E-state index contributed by atoms with van der Waals surface area (Å²) < 4.78 is 0. The third kappa shape index (κ3) is 3.32. The van der Waals surface area contributed by atoms with Crippen molar-refractivity contribution < 1.29 is 4.79 Å². The third-order valence-corrected chi connectivity index (χ3v) is 6.43. The average molecular weight is 364 g/mol. The normalized spacial score (nSPS) is 28.0. The molecule has 142 valence electrons. The second-order valence-corrected chi connectivity index (χ2v) is 8.18. The van der Waals surface area contributed by atoms with Crippen molar-refractivity contribution in [3.05, 3.63) is 66.0 Å². The molecule has 4 rings (SSSR count). The number of carbonyl (C=O) groups excluding carboxylic acids is 1. The number of benzene rings is 1. The van der Waals surface area contributed by atoms with Gasteiger partial charge in [-0.15, -0.1) is 0 Å². The summed E-state index contributed by atoms with van der Waals surface area (Å²) >= 11 is 0. The zero-order valence-corrected chi connectivity index (χ0v) is 16.2. The minimum absolute atomic E-state index is 0.0396. The molecule has 1 aromatic carbocycles. The number of nitrogens with one attached hydrogen (secondary N) is 1. The lowest BCUT2D eigenvalue weighted by Crippen LogP contribution is -2.54. The fraction of sp³-hybridized carbons (Fsp3) is 0.455. The Morgan fingerprint density at radius 3 is 2.37 bits per heavy atom. The van der Waals surface area contributed by atoms with E-state index in [-0.39, 0.29) is 17.1 Å². The van der Waals surface area contributed by atoms with Gasteiger partial charge in [-0.2, -0.15) is 0 Å². The molecule has 2 fully saturated rings. The van der Waals surface area contributed by atoms with Crippen LogP contribution in [0.15, 0.2) is 54.7 Å². The fourth-order valence-electron chi connectivity index (χ4n) is 4.77. The average Bonchev–Trinajstić information content (AvgIpc) is 2.99. The first-order chi connectivity index (χ1) is 13.0. The van der Waals surface area contributed by atoms with Gasteiger partial charge < -0.3 is 10.2 Å². The Morgan fingerprint density at radius 2 is 1.74 bits per heavy atom. The van der Waals surface area contributed by atoms with Gasteiger partial charge in [0.2, 0.25) is 0 Å². The van der Waals surface area contributed by atoms with E-state index >= 15 is 0 Å². The minimum atomic E-state index is -0.111. The van der Waals surface area contributed by atoms with Gasteiger partial charge >= 0.3 is 6.03 Å². The first-order valence-corrected chi connectivity index (χ1v) is 9.73. The summed E-state index contributed by atoms with van der Waals surface area (Å²) in [5.74, 6) is 0. The van der Waals surface area contributed by atoms with Crippen LogP contribution in [0.4, 0.5) is 4.79 Å². The van der Waals surface area contributed by atoms with Crippen LogP contribution >= 0.6 is 0 Å². The van der Waals surface area contributed by atoms with Crippen LogP contribution in [0.25, 0.3) is 0 Å². The first kappa shape index (κ1) is 18.0. The van der Waals surface area contributed by atoms with Crippen LogP contribution in [0.2, 0.25) is 0 Å². The van der Waals surface area contributed by atoms with Crippen LogP contribution in [0.5, 0.6) is 0 Å². The highest BCUT2D eigenvalue weighted by Gasteiger charge is 2.49. The topological polar surface area (TPSA) is 48.5 Å². The van der Waals surface area contributed by atoms with Crippen molar-refractivity contribution in [3.8, 4) is 0 Å². The Labute approximate surface area is 161 Å². The summed E-state index contributed by atoms with van der Waals surface area (Å²) in [6.45, 7) is 1.34. The van der Waals surface area contributed by atoms with Crippen molar-refractivity contribution in [2.45, 2.75) is 43.3 Å². The maximum Gasteiger partial charge on any atom is 0.318 e. The maximum atomic E-state index is 12.6. The summed E-state index contributed by atoms with van der Waals surface area (Å²) in [7, 11) is 4.34. The molecule has 1 aromatic heterocycles. The van der Waals surface area contributed by atoms with E-state index in [4.69, 9.17) is 0 Å². The van der Waals surface area contributed by atoms with Crippen molar-refractivity contribution >= 4 is 6.03 Å². The SMILES string of the molecule is CN(C)C1(c2ccccc2)CCC2(CC1)CN(Cc1ccccn1)C(=O)N2. The molecule has 1 aliphatic heterocycles. The Bertz CT molecular complexity index is 782. The Balaban J connectivity index is 1.49. The second-order valence-electron chi connectivity index (χ2n) is 8.18. The number of carbonyl (C=O) groups is 1. The van der Waals surface area contributed by atoms with E-state index in [0.29, 0.717) is 6.54 Å². The highest BCUT2D eigenvalue weighted by atomic mass is 16.2. The Kier molecular flexibility index (Phi) is 4.64. The summed E-state index contributed by atoms with van der Waals surface area (Å²) in [4.78, 5) is 21.2. The van der Waals surface area contributed by atoms with Gasteiger partial charge in [0.25, 0.3) is 0 Å². The second kappa shape index (κ2) is 6.97. The van der Waals surface area contributed by atoms with Gasteiger partial charge in [0.15, 0.2) is 0 Å². The lowest BCUT2D eigenvalue weighted by atomic mass is 9.69. The molecule has 2 heterocycles. The van der Waals surface area contributed by atoms with E-state index in [0.717, 1.165) is 37.9 Å². The fourth-order valence-corrected chi connectivity index (χ4v) is 4.77. The number of nitrogens with zero attached hydrogens (tertiary/aromatic N) is 3. The van der Waals surface area contributed by atoms with Gasteiger partial charge in [-0.05, 0) is 57.5 Å². The lowest BCUT2D eigenvalue weighted by molar-refractivity contribution is 0.0617. The van der Waals surface area contributed by atoms with E-state index in [1.807, 2.05) is 23.1 Å². The van der Waals surface area contributed by atoms with Crippen LogP contribution in [-0.2, 0) is 12.1 Å². The largest absolute Gasteiger partial charge is 0.331 e. The Hall–Kier alpha value is -2.40. The quantitative estimate of drug-likeness (QED) is 0.905. The van der Waals surface area contributed by atoms with E-state index in [2.05, 4.69) is 59.6 Å². The number of aromatic nitrogens is 1. The van der Waals surface area contributed by atoms with Gasteiger partial charge in [0.1, 0.15) is 0 Å². The van der Waals surface area contributed by atoms with Gasteiger partial charge in [-0.1, -0.05) is 36.4 Å². The molecule has 27 heavy (non-hydrogen) atoms. The highest BCUT2D eigenvalue weighted by molar-refractivity contribution is 5.78. The van der Waals surface area contributed by atoms with Crippen molar-refractivity contribution in [1.82, 2.24) is 20.1 Å². The summed E-state index contributed by atoms with van der Waals surface area (Å²) in [6, 6.07) is 16.7. The lowest BCUT2D eigenvalue weighted by Gasteiger charge is -2.48. The van der Waals surface area contributed by atoms with Gasteiger partial charge in [0.05, 0.1) is 17.8 Å². The molecule has 0 bridgehead atoms. The number of urea groups is 1. The van der Waals surface area contributed by atoms with E-state index < -0.39 is 0 Å². The number of rotatable bonds is 4. The third-order valence-electron chi connectivity index (χ3n) is 6.43. The molecule has 1 saturated carbocycles. The number of hydrogen-bond acceptors (Lipinski definition) is 3. The summed E-state index contributed by atoms with van der Waals surface area (Å²) in [5, 5.41) is 3.31. The van der Waals surface area contributed by atoms with Crippen LogP contribution < -0.4 is 5.32 Å². The molecule has 5 heteroatoms. The molecule has 1 spiro atoms. The number of pyridine rings is 1. The van der Waals surface area contributed by atoms with Crippen LogP contribution in [0, 0.1) is 0 Å². The molecule has 5 nitrogen and oxygen atoms in total. The number of hydrogen-bond donors (Lipinski definition) is 1. The first-order valence-electron chi connectivity index (χ1n) is 9.73. The molecule has 0 atom stereocenters. The Morgan fingerprint density at radius 1 is 1.04 bits per heavy atom. The van der Waals surface area contributed by atoms with E-state index in [1.54, 1.807) is 6.20 Å². The molecule has 2 amide bonds. The zero-order valence-electron chi connectivity index (χ0n) is 16.2. The predicted molar refractivity (Wildman–Crippen MR) is 106 cm³/mol. The zero-order chi connectivity index (χ0) is 18.9. The maximum absolute atomic E-state index is 12.6. The van der Waals surface area contributed by atoms with Crippen molar-refractivity contribution in [3.63, 3.8) is 0 Å². The summed E-state index contributed by atoms with van der Waals surface area (Å²) in [6.07, 6.45) is 5.85. The molecule has 2 aliphatic rings. The van der Waals surface area contributed by atoms with Gasteiger partial charge in [0, 0.05) is 18.3 Å². The molecule has 1 aliphatic carbocycles. The number of amides is 2. The van der Waals surface area contributed by atoms with E-state index in [1.165, 1.54) is 5.56 Å². The van der Waals surface area contributed by atoms with Crippen LogP contribution in [0.1, 0.15) is 36.9 Å². The highest BCUT2D eigenvalue weighted by Crippen LogP contribution is 2.45. The van der Waals surface area contributed by atoms with Crippen molar-refractivity contribution in [2.24, 2.45) is 0 Å². The molecule has 0 unspecified atom stereocenters. The molecular formula is C22H28N4O. The van der Waals surface area contributed by atoms with E-state index in [9.17, 15) is 4.79 Å². The van der Waals surface area contributed by atoms with Crippen molar-refractivity contribution in [2.75, 3.05) is 20.6 Å². The predicted octanol–water partition coefficient (Wildman–Crippen LogP) is 3.38. The smallest absolute Gasteiger partial charge is 0.318 e. The molecule has 2 aromatic rings. The van der Waals surface area contributed by atoms with Crippen molar-refractivity contribution in [1.29, 1.82) is 0 Å². The molecule has 0 radical (unpaired) electrons. The van der Waals surface area contributed by atoms with Crippen LogP contribution in [-0.4, -0.2) is 47.0 Å². The minimum Gasteiger partial charge on any atom is -0.331 e. The standard InChI is InChI=1S/C22H28N4O/c1-25(2)22(18-8-4-3-5-9-18)13-11-21(12-14-22)17-26(20(27)24-21)16-19-10-6-7-15-23-19/h3-10,15H,11-14,16-17H2,1-2H3,(H,24,27). The monoisotopic (exact) mass is 364 g/mol. The molecular weight excluding hydrogens is 336 g/mol. The van der Waals surface area contributed by atoms with Gasteiger partial charge in [-0.25, -0.2) is 4.79 Å². The molecule has 1 N–H and O–H groups in total. The van der Waals surface area contributed by atoms with Crippen LogP contribution in [0.3, 0.4) is 0 Å².